The number of piperidine rings is 1. The van der Waals surface area contributed by atoms with Crippen molar-refractivity contribution in [2.24, 2.45) is 5.41 Å². The van der Waals surface area contributed by atoms with Crippen molar-refractivity contribution in [2.75, 3.05) is 13.1 Å². The van der Waals surface area contributed by atoms with Crippen molar-refractivity contribution < 1.29 is 14.3 Å². The fourth-order valence-corrected chi connectivity index (χ4v) is 2.75. The molecule has 2 fully saturated rings. The number of hydrogen-bond acceptors (Lipinski definition) is 3. The van der Waals surface area contributed by atoms with E-state index in [4.69, 9.17) is 4.74 Å². The highest BCUT2D eigenvalue weighted by atomic mass is 16.6. The van der Waals surface area contributed by atoms with Crippen molar-refractivity contribution in [1.82, 2.24) is 10.2 Å². The number of likely N-dealkylation sites (tertiary alicyclic amines) is 1. The van der Waals surface area contributed by atoms with Crippen molar-refractivity contribution in [3.8, 4) is 0 Å². The molecule has 1 aliphatic heterocycles. The Hall–Kier alpha value is -1.26. The number of amides is 2. The third-order valence-corrected chi connectivity index (χ3v) is 4.19. The summed E-state index contributed by atoms with van der Waals surface area (Å²) in [5, 5.41) is 2.55. The Balaban J connectivity index is 1.80. The van der Waals surface area contributed by atoms with Gasteiger partial charge < -0.3 is 15.0 Å². The van der Waals surface area contributed by atoms with Crippen LogP contribution >= 0.6 is 0 Å². The molecule has 0 bridgehead atoms. The quantitative estimate of drug-likeness (QED) is 0.845. The van der Waals surface area contributed by atoms with Crippen LogP contribution in [0.1, 0.15) is 53.4 Å². The Morgan fingerprint density at radius 2 is 1.95 bits per heavy atom. The molecule has 1 atom stereocenters. The number of hydrogen-bond donors (Lipinski definition) is 1. The van der Waals surface area contributed by atoms with Crippen LogP contribution in [0.15, 0.2) is 0 Å². The second-order valence-electron chi connectivity index (χ2n) is 7.26. The highest BCUT2D eigenvalue weighted by molar-refractivity contribution is 5.82. The molecule has 0 radical (unpaired) electrons. The van der Waals surface area contributed by atoms with Crippen LogP contribution in [0.2, 0.25) is 0 Å². The van der Waals surface area contributed by atoms with Gasteiger partial charge in [-0.05, 0) is 58.8 Å². The van der Waals surface area contributed by atoms with E-state index in [1.165, 1.54) is 19.3 Å². The van der Waals surface area contributed by atoms with Crippen LogP contribution in [0.4, 0.5) is 4.79 Å². The second kappa shape index (κ2) is 5.26. The average Bonchev–Trinajstić information content (AvgIpc) is 3.07. The maximum Gasteiger partial charge on any atom is 0.408 e. The molecule has 1 N–H and O–H groups in total. The lowest BCUT2D eigenvalue weighted by molar-refractivity contribution is -0.135. The first-order valence-corrected chi connectivity index (χ1v) is 7.47. The van der Waals surface area contributed by atoms with Gasteiger partial charge in [0.2, 0.25) is 5.91 Å². The van der Waals surface area contributed by atoms with E-state index in [1.54, 1.807) is 20.8 Å². The molecule has 5 nitrogen and oxygen atoms in total. The molecule has 2 amide bonds. The van der Waals surface area contributed by atoms with E-state index in [9.17, 15) is 9.59 Å². The number of carbonyl (C=O) groups excluding carboxylic acids is 2. The standard InChI is InChI=1S/C15H26N2O3/c1-11-5-6-15(7-8-15)10-17(11)12(18)9-16-13(19)20-14(2,3)4/h11H,5-10H2,1-4H3,(H,16,19). The number of carbonyl (C=O) groups is 2. The van der Waals surface area contributed by atoms with Crippen LogP contribution in [-0.4, -0.2) is 41.6 Å². The number of alkyl carbamates (subject to hydrolysis) is 1. The van der Waals surface area contributed by atoms with Crippen LogP contribution in [-0.2, 0) is 9.53 Å². The second-order valence-corrected chi connectivity index (χ2v) is 7.26. The summed E-state index contributed by atoms with van der Waals surface area (Å²) >= 11 is 0. The van der Waals surface area contributed by atoms with Gasteiger partial charge in [-0.2, -0.15) is 0 Å². The maximum atomic E-state index is 12.2. The van der Waals surface area contributed by atoms with E-state index in [0.29, 0.717) is 5.41 Å². The van der Waals surface area contributed by atoms with Gasteiger partial charge in [0, 0.05) is 12.6 Å². The minimum absolute atomic E-state index is 0.00525. The zero-order valence-corrected chi connectivity index (χ0v) is 13.0. The lowest BCUT2D eigenvalue weighted by Crippen LogP contribution is -2.50. The topological polar surface area (TPSA) is 58.6 Å². The molecular weight excluding hydrogens is 256 g/mol. The van der Waals surface area contributed by atoms with Crippen LogP contribution in [0.3, 0.4) is 0 Å². The van der Waals surface area contributed by atoms with Crippen LogP contribution in [0.25, 0.3) is 0 Å². The first kappa shape index (κ1) is 15.1. The van der Waals surface area contributed by atoms with Crippen LogP contribution < -0.4 is 5.32 Å². The summed E-state index contributed by atoms with van der Waals surface area (Å²) in [7, 11) is 0. The van der Waals surface area contributed by atoms with Crippen molar-refractivity contribution >= 4 is 12.0 Å². The third-order valence-electron chi connectivity index (χ3n) is 4.19. The molecule has 2 aliphatic rings. The summed E-state index contributed by atoms with van der Waals surface area (Å²) < 4.78 is 5.13. The first-order chi connectivity index (χ1) is 9.21. The molecule has 0 aromatic carbocycles. The lowest BCUT2D eigenvalue weighted by Gasteiger charge is -2.38. The van der Waals surface area contributed by atoms with Gasteiger partial charge >= 0.3 is 6.09 Å². The van der Waals surface area contributed by atoms with E-state index >= 15 is 0 Å². The van der Waals surface area contributed by atoms with Gasteiger partial charge in [-0.3, -0.25) is 4.79 Å². The largest absolute Gasteiger partial charge is 0.444 e. The fourth-order valence-electron chi connectivity index (χ4n) is 2.75. The molecule has 1 unspecified atom stereocenters. The molecule has 114 valence electrons. The number of ether oxygens (including phenoxy) is 1. The Kier molecular flexibility index (Phi) is 3.98. The molecule has 0 aromatic heterocycles. The van der Waals surface area contributed by atoms with Crippen molar-refractivity contribution in [1.29, 1.82) is 0 Å². The monoisotopic (exact) mass is 282 g/mol. The Bertz CT molecular complexity index is 396. The maximum absolute atomic E-state index is 12.2. The van der Waals surface area contributed by atoms with Crippen molar-refractivity contribution in [2.45, 2.75) is 65.0 Å². The molecule has 1 aliphatic carbocycles. The smallest absolute Gasteiger partial charge is 0.408 e. The summed E-state index contributed by atoms with van der Waals surface area (Å²) in [6.07, 6.45) is 4.25. The van der Waals surface area contributed by atoms with Crippen LogP contribution in [0.5, 0.6) is 0 Å². The minimum atomic E-state index is -0.538. The predicted molar refractivity (Wildman–Crippen MR) is 76.3 cm³/mol. The highest BCUT2D eigenvalue weighted by Crippen LogP contribution is 2.53. The van der Waals surface area contributed by atoms with Gasteiger partial charge in [0.1, 0.15) is 12.1 Å². The summed E-state index contributed by atoms with van der Waals surface area (Å²) in [6, 6.07) is 0.272. The normalized spacial score (nSPS) is 24.4. The first-order valence-electron chi connectivity index (χ1n) is 7.47. The van der Waals surface area contributed by atoms with E-state index in [2.05, 4.69) is 12.2 Å². The van der Waals surface area contributed by atoms with E-state index in [0.717, 1.165) is 13.0 Å². The summed E-state index contributed by atoms with van der Waals surface area (Å²) in [4.78, 5) is 25.7. The van der Waals surface area contributed by atoms with E-state index in [1.807, 2.05) is 4.90 Å². The molecule has 2 rings (SSSR count). The Morgan fingerprint density at radius 1 is 1.30 bits per heavy atom. The van der Waals surface area contributed by atoms with Crippen LogP contribution in [0, 0.1) is 5.41 Å². The Labute approximate surface area is 121 Å². The molecule has 1 spiro atoms. The zero-order valence-electron chi connectivity index (χ0n) is 13.0. The van der Waals surface area contributed by atoms with Gasteiger partial charge in [-0.25, -0.2) is 4.79 Å². The van der Waals surface area contributed by atoms with E-state index in [-0.39, 0.29) is 18.5 Å². The molecule has 0 aromatic rings. The minimum Gasteiger partial charge on any atom is -0.444 e. The number of rotatable bonds is 2. The Morgan fingerprint density at radius 3 is 2.50 bits per heavy atom. The highest BCUT2D eigenvalue weighted by Gasteiger charge is 2.48. The SMILES string of the molecule is CC1CCC2(CC2)CN1C(=O)CNC(=O)OC(C)(C)C. The fraction of sp³-hybridized carbons (Fsp3) is 0.867. The average molecular weight is 282 g/mol. The molecule has 5 heteroatoms. The molecular formula is C15H26N2O3. The molecule has 1 saturated carbocycles. The molecule has 1 heterocycles. The van der Waals surface area contributed by atoms with E-state index < -0.39 is 11.7 Å². The summed E-state index contributed by atoms with van der Waals surface area (Å²) in [5.74, 6) is -0.00525. The lowest BCUT2D eigenvalue weighted by atomic mass is 9.91. The van der Waals surface area contributed by atoms with Crippen molar-refractivity contribution in [3.63, 3.8) is 0 Å². The van der Waals surface area contributed by atoms with Gasteiger partial charge in [0.25, 0.3) is 0 Å². The predicted octanol–water partition coefficient (Wildman–Crippen LogP) is 2.30. The molecule has 20 heavy (non-hydrogen) atoms. The van der Waals surface area contributed by atoms with Gasteiger partial charge in [-0.15, -0.1) is 0 Å². The third kappa shape index (κ3) is 3.87. The van der Waals surface area contributed by atoms with Gasteiger partial charge in [-0.1, -0.05) is 0 Å². The van der Waals surface area contributed by atoms with Gasteiger partial charge in [0.15, 0.2) is 0 Å². The number of nitrogens with one attached hydrogen (secondary N) is 1. The van der Waals surface area contributed by atoms with Crippen molar-refractivity contribution in [3.05, 3.63) is 0 Å². The zero-order chi connectivity index (χ0) is 15.0. The molecule has 1 saturated heterocycles. The number of nitrogens with zero attached hydrogens (tertiary/aromatic N) is 1. The summed E-state index contributed by atoms with van der Waals surface area (Å²) in [6.45, 7) is 8.37. The van der Waals surface area contributed by atoms with Gasteiger partial charge in [0.05, 0.1) is 0 Å². The summed E-state index contributed by atoms with van der Waals surface area (Å²) in [5.41, 5.74) is -0.141.